The molecule has 7 nitrogen and oxygen atoms in total. The number of aliphatic carboxylic acids is 1. The highest BCUT2D eigenvalue weighted by Crippen LogP contribution is 2.29. The summed E-state index contributed by atoms with van der Waals surface area (Å²) in [6.45, 7) is 4.32. The fourth-order valence-corrected chi connectivity index (χ4v) is 1.89. The van der Waals surface area contributed by atoms with E-state index < -0.39 is 23.4 Å². The molecule has 2 amide bonds. The Hall–Kier alpha value is -1.63. The van der Waals surface area contributed by atoms with E-state index in [1.165, 1.54) is 0 Å². The Kier molecular flexibility index (Phi) is 4.66. The number of nitrogens with one attached hydrogen (secondary N) is 1. The second-order valence-corrected chi connectivity index (χ2v) is 4.60. The topological polar surface area (TPSA) is 95.9 Å². The highest BCUT2D eigenvalue weighted by atomic mass is 16.5. The van der Waals surface area contributed by atoms with E-state index >= 15 is 0 Å². The van der Waals surface area contributed by atoms with Gasteiger partial charge in [-0.1, -0.05) is 0 Å². The van der Waals surface area contributed by atoms with E-state index in [9.17, 15) is 14.4 Å². The van der Waals surface area contributed by atoms with Crippen LogP contribution in [0, 0.1) is 5.41 Å². The molecular weight excluding hydrogens is 240 g/mol. The lowest BCUT2D eigenvalue weighted by atomic mass is 9.90. The lowest BCUT2D eigenvalue weighted by Crippen LogP contribution is -2.40. The summed E-state index contributed by atoms with van der Waals surface area (Å²) in [5.41, 5.74) is -0.815. The number of amides is 2. The van der Waals surface area contributed by atoms with Crippen molar-refractivity contribution in [3.63, 3.8) is 0 Å². The Balaban J connectivity index is 2.39. The predicted octanol–water partition coefficient (Wildman–Crippen LogP) is 0.0557. The van der Waals surface area contributed by atoms with Gasteiger partial charge < -0.3 is 9.84 Å². The van der Waals surface area contributed by atoms with Crippen molar-refractivity contribution in [3.05, 3.63) is 0 Å². The molecule has 1 saturated heterocycles. The zero-order valence-corrected chi connectivity index (χ0v) is 10.6. The minimum Gasteiger partial charge on any atom is -0.481 e. The molecular formula is C11H18N2O5. The van der Waals surface area contributed by atoms with Crippen molar-refractivity contribution in [2.75, 3.05) is 26.2 Å². The van der Waals surface area contributed by atoms with Crippen LogP contribution in [0.1, 0.15) is 20.3 Å². The number of hydrogen-bond donors (Lipinski definition) is 2. The third-order valence-electron chi connectivity index (χ3n) is 2.95. The van der Waals surface area contributed by atoms with Crippen LogP contribution >= 0.6 is 0 Å². The Labute approximate surface area is 105 Å². The lowest BCUT2D eigenvalue weighted by Gasteiger charge is -2.19. The van der Waals surface area contributed by atoms with Crippen molar-refractivity contribution in [2.24, 2.45) is 5.41 Å². The first-order chi connectivity index (χ1) is 8.37. The fourth-order valence-electron chi connectivity index (χ4n) is 1.89. The summed E-state index contributed by atoms with van der Waals surface area (Å²) in [4.78, 5) is 35.2. The molecule has 0 bridgehead atoms. The summed E-state index contributed by atoms with van der Waals surface area (Å²) in [5.74, 6) is -1.35. The molecule has 0 spiro atoms. The fraction of sp³-hybridized carbons (Fsp3) is 0.727. The molecule has 0 aromatic heterocycles. The summed E-state index contributed by atoms with van der Waals surface area (Å²) < 4.78 is 4.57. The minimum absolute atomic E-state index is 0.00167. The van der Waals surface area contributed by atoms with Gasteiger partial charge in [0, 0.05) is 6.54 Å². The third kappa shape index (κ3) is 3.69. The molecule has 1 heterocycles. The number of carboxylic acid groups (broad SMARTS) is 1. The molecule has 1 aliphatic heterocycles. The van der Waals surface area contributed by atoms with Crippen molar-refractivity contribution >= 4 is 18.0 Å². The number of alkyl carbamates (subject to hydrolysis) is 1. The molecule has 0 aliphatic carbocycles. The molecule has 18 heavy (non-hydrogen) atoms. The summed E-state index contributed by atoms with van der Waals surface area (Å²) in [5, 5.41) is 11.1. The first kappa shape index (κ1) is 14.4. The van der Waals surface area contributed by atoms with Gasteiger partial charge in [0.2, 0.25) is 5.91 Å². The van der Waals surface area contributed by atoms with Gasteiger partial charge in [-0.3, -0.25) is 19.8 Å². The van der Waals surface area contributed by atoms with Crippen LogP contribution in [0.2, 0.25) is 0 Å². The quantitative estimate of drug-likeness (QED) is 0.740. The van der Waals surface area contributed by atoms with Gasteiger partial charge in [-0.05, 0) is 26.8 Å². The van der Waals surface area contributed by atoms with Gasteiger partial charge in [-0.2, -0.15) is 0 Å². The van der Waals surface area contributed by atoms with Crippen LogP contribution in [0.5, 0.6) is 0 Å². The van der Waals surface area contributed by atoms with Crippen molar-refractivity contribution in [1.82, 2.24) is 10.2 Å². The zero-order chi connectivity index (χ0) is 13.8. The van der Waals surface area contributed by atoms with Crippen molar-refractivity contribution < 1.29 is 24.2 Å². The van der Waals surface area contributed by atoms with E-state index in [0.29, 0.717) is 19.5 Å². The third-order valence-corrected chi connectivity index (χ3v) is 2.95. The molecule has 1 rings (SSSR count). The van der Waals surface area contributed by atoms with Crippen LogP contribution in [0.25, 0.3) is 0 Å². The number of likely N-dealkylation sites (tertiary alicyclic amines) is 1. The molecule has 0 aromatic rings. The monoisotopic (exact) mass is 258 g/mol. The van der Waals surface area contributed by atoms with Gasteiger partial charge in [-0.25, -0.2) is 4.79 Å². The summed E-state index contributed by atoms with van der Waals surface area (Å²) >= 11 is 0. The maximum absolute atomic E-state index is 11.5. The minimum atomic E-state index is -0.865. The molecule has 0 radical (unpaired) electrons. The number of ether oxygens (including phenoxy) is 1. The number of carboxylic acids is 1. The van der Waals surface area contributed by atoms with E-state index in [1.54, 1.807) is 18.7 Å². The largest absolute Gasteiger partial charge is 0.481 e. The average molecular weight is 258 g/mol. The van der Waals surface area contributed by atoms with E-state index in [-0.39, 0.29) is 13.2 Å². The maximum atomic E-state index is 11.5. The van der Waals surface area contributed by atoms with E-state index in [4.69, 9.17) is 5.11 Å². The van der Waals surface area contributed by atoms with E-state index in [0.717, 1.165) is 0 Å². The number of hydrogen-bond acceptors (Lipinski definition) is 5. The number of imide groups is 1. The second kappa shape index (κ2) is 5.81. The Morgan fingerprint density at radius 1 is 1.44 bits per heavy atom. The van der Waals surface area contributed by atoms with Crippen molar-refractivity contribution in [1.29, 1.82) is 0 Å². The molecule has 0 saturated carbocycles. The van der Waals surface area contributed by atoms with Gasteiger partial charge in [0.15, 0.2) is 0 Å². The highest BCUT2D eigenvalue weighted by Gasteiger charge is 2.40. The van der Waals surface area contributed by atoms with Gasteiger partial charge in [0.05, 0.1) is 18.6 Å². The molecule has 7 heteroatoms. The van der Waals surface area contributed by atoms with Crippen LogP contribution in [-0.2, 0) is 14.3 Å². The Bertz CT molecular complexity index is 357. The molecule has 1 atom stereocenters. The van der Waals surface area contributed by atoms with Crippen LogP contribution in [0.3, 0.4) is 0 Å². The van der Waals surface area contributed by atoms with E-state index in [2.05, 4.69) is 10.1 Å². The Morgan fingerprint density at radius 3 is 2.61 bits per heavy atom. The molecule has 1 unspecified atom stereocenters. The number of rotatable bonds is 4. The smallest absolute Gasteiger partial charge is 0.413 e. The van der Waals surface area contributed by atoms with Gasteiger partial charge in [0.1, 0.15) is 0 Å². The lowest BCUT2D eigenvalue weighted by molar-refractivity contribution is -0.147. The molecule has 1 fully saturated rings. The Morgan fingerprint density at radius 2 is 2.11 bits per heavy atom. The normalized spacial score (nSPS) is 23.7. The number of carbonyl (C=O) groups is 3. The van der Waals surface area contributed by atoms with Crippen LogP contribution in [0.15, 0.2) is 0 Å². The molecule has 2 N–H and O–H groups in total. The first-order valence-electron chi connectivity index (χ1n) is 5.80. The first-order valence-corrected chi connectivity index (χ1v) is 5.80. The summed E-state index contributed by atoms with van der Waals surface area (Å²) in [7, 11) is 0. The zero-order valence-electron chi connectivity index (χ0n) is 10.6. The number of nitrogens with zero attached hydrogens (tertiary/aromatic N) is 1. The van der Waals surface area contributed by atoms with Gasteiger partial charge in [-0.15, -0.1) is 0 Å². The summed E-state index contributed by atoms with van der Waals surface area (Å²) in [6, 6.07) is 0. The van der Waals surface area contributed by atoms with Crippen LogP contribution < -0.4 is 5.32 Å². The second-order valence-electron chi connectivity index (χ2n) is 4.60. The SMILES string of the molecule is CCOC(=O)NC(=O)CN1CCC(C)(C(=O)O)C1. The van der Waals surface area contributed by atoms with Crippen molar-refractivity contribution in [3.8, 4) is 0 Å². The van der Waals surface area contributed by atoms with Crippen LogP contribution in [0.4, 0.5) is 4.79 Å². The van der Waals surface area contributed by atoms with Gasteiger partial charge >= 0.3 is 12.1 Å². The average Bonchev–Trinajstić information content (AvgIpc) is 2.61. The molecule has 1 aliphatic rings. The van der Waals surface area contributed by atoms with Crippen molar-refractivity contribution in [2.45, 2.75) is 20.3 Å². The van der Waals surface area contributed by atoms with Gasteiger partial charge in [0.25, 0.3) is 0 Å². The van der Waals surface area contributed by atoms with Crippen LogP contribution in [-0.4, -0.2) is 54.2 Å². The highest BCUT2D eigenvalue weighted by molar-refractivity contribution is 5.92. The maximum Gasteiger partial charge on any atom is 0.413 e. The number of carbonyl (C=O) groups excluding carboxylic acids is 2. The summed E-state index contributed by atoms with van der Waals surface area (Å²) in [6.07, 6.45) is -0.280. The molecule has 0 aromatic carbocycles. The van der Waals surface area contributed by atoms with E-state index in [1.807, 2.05) is 0 Å². The molecule has 102 valence electrons. The predicted molar refractivity (Wildman–Crippen MR) is 62.0 cm³/mol. The standard InChI is InChI=1S/C11H18N2O5/c1-3-18-10(17)12-8(14)6-13-5-4-11(2,7-13)9(15)16/h3-7H2,1-2H3,(H,15,16)(H,12,14,17).